The van der Waals surface area contributed by atoms with Gasteiger partial charge in [0.25, 0.3) is 5.69 Å². The number of hydrogen-bond acceptors (Lipinski definition) is 4. The van der Waals surface area contributed by atoms with E-state index in [0.29, 0.717) is 23.3 Å². The van der Waals surface area contributed by atoms with Crippen molar-refractivity contribution in [3.63, 3.8) is 0 Å². The van der Waals surface area contributed by atoms with Crippen LogP contribution in [0.25, 0.3) is 0 Å². The molecular weight excluding hydrogens is 336 g/mol. The van der Waals surface area contributed by atoms with E-state index in [1.807, 2.05) is 0 Å². The monoisotopic (exact) mass is 344 g/mol. The molecule has 0 unspecified atom stereocenters. The van der Waals surface area contributed by atoms with Crippen LogP contribution in [0.4, 0.5) is 5.69 Å². The summed E-state index contributed by atoms with van der Waals surface area (Å²) in [4.78, 5) is 10.4. The van der Waals surface area contributed by atoms with Gasteiger partial charge in [-0.2, -0.15) is 0 Å². The molecule has 1 aromatic carbocycles. The summed E-state index contributed by atoms with van der Waals surface area (Å²) < 4.78 is 2.10. The van der Waals surface area contributed by atoms with Crippen LogP contribution >= 0.6 is 27.5 Å². The highest BCUT2D eigenvalue weighted by Gasteiger charge is 2.15. The fraction of sp³-hybridized carbons (Fsp3) is 0.273. The van der Waals surface area contributed by atoms with Crippen LogP contribution in [0.5, 0.6) is 0 Å². The summed E-state index contributed by atoms with van der Waals surface area (Å²) in [5, 5.41) is 18.8. The first kappa shape index (κ1) is 14.0. The number of rotatable bonds is 5. The van der Waals surface area contributed by atoms with Gasteiger partial charge in [-0.1, -0.05) is 17.3 Å². The van der Waals surface area contributed by atoms with Crippen LogP contribution in [-0.2, 0) is 13.0 Å². The highest BCUT2D eigenvalue weighted by atomic mass is 79.9. The van der Waals surface area contributed by atoms with Crippen LogP contribution in [-0.4, -0.2) is 25.8 Å². The molecule has 0 saturated heterocycles. The number of aryl methyl sites for hydroxylation is 1. The van der Waals surface area contributed by atoms with Gasteiger partial charge in [0.05, 0.1) is 17.2 Å². The second kappa shape index (κ2) is 6.12. The predicted octanol–water partition coefficient (Wildman–Crippen LogP) is 2.78. The number of hydrogen-bond donors (Lipinski definition) is 0. The Labute approximate surface area is 122 Å². The zero-order valence-corrected chi connectivity index (χ0v) is 12.1. The summed E-state index contributed by atoms with van der Waals surface area (Å²) in [5.41, 5.74) is 1.62. The molecule has 0 fully saturated rings. The SMILES string of the molecule is O=[N+]([O-])c1cccc(Cn2cc(CCCl)nn2)c1Br. The van der Waals surface area contributed by atoms with Gasteiger partial charge in [-0.25, -0.2) is 4.68 Å². The third-order valence-corrected chi connectivity index (χ3v) is 3.63. The van der Waals surface area contributed by atoms with E-state index in [2.05, 4.69) is 26.2 Å². The smallest absolute Gasteiger partial charge is 0.258 e. The summed E-state index contributed by atoms with van der Waals surface area (Å²) in [6, 6.07) is 4.91. The van der Waals surface area contributed by atoms with Crippen molar-refractivity contribution in [2.75, 3.05) is 5.88 Å². The van der Waals surface area contributed by atoms with Crippen molar-refractivity contribution in [2.24, 2.45) is 0 Å². The molecule has 0 aliphatic heterocycles. The Morgan fingerprint density at radius 2 is 2.26 bits per heavy atom. The topological polar surface area (TPSA) is 73.8 Å². The van der Waals surface area contributed by atoms with Gasteiger partial charge in [0.1, 0.15) is 4.47 Å². The molecule has 0 N–H and O–H groups in total. The van der Waals surface area contributed by atoms with E-state index in [9.17, 15) is 10.1 Å². The molecule has 0 atom stereocenters. The first-order valence-electron chi connectivity index (χ1n) is 5.48. The quantitative estimate of drug-likeness (QED) is 0.474. The Balaban J connectivity index is 2.23. The highest BCUT2D eigenvalue weighted by Crippen LogP contribution is 2.28. The molecule has 8 heteroatoms. The minimum atomic E-state index is -0.423. The van der Waals surface area contributed by atoms with Crippen molar-refractivity contribution in [1.29, 1.82) is 0 Å². The lowest BCUT2D eigenvalue weighted by Crippen LogP contribution is -2.02. The average molecular weight is 346 g/mol. The van der Waals surface area contributed by atoms with Crippen LogP contribution < -0.4 is 0 Å². The predicted molar refractivity (Wildman–Crippen MR) is 74.3 cm³/mol. The van der Waals surface area contributed by atoms with Gasteiger partial charge in [0.15, 0.2) is 0 Å². The number of halogens is 2. The van der Waals surface area contributed by atoms with Crippen molar-refractivity contribution in [3.8, 4) is 0 Å². The molecule has 0 aliphatic rings. The maximum Gasteiger partial charge on any atom is 0.283 e. The van der Waals surface area contributed by atoms with Crippen molar-refractivity contribution in [2.45, 2.75) is 13.0 Å². The Kier molecular flexibility index (Phi) is 4.49. The van der Waals surface area contributed by atoms with Crippen LogP contribution in [0.2, 0.25) is 0 Å². The number of nitro groups is 1. The first-order chi connectivity index (χ1) is 9.11. The normalized spacial score (nSPS) is 10.6. The lowest BCUT2D eigenvalue weighted by atomic mass is 10.2. The lowest BCUT2D eigenvalue weighted by Gasteiger charge is -2.04. The largest absolute Gasteiger partial charge is 0.283 e. The van der Waals surface area contributed by atoms with Crippen molar-refractivity contribution in [1.82, 2.24) is 15.0 Å². The fourth-order valence-electron chi connectivity index (χ4n) is 1.63. The van der Waals surface area contributed by atoms with E-state index in [-0.39, 0.29) is 5.69 Å². The van der Waals surface area contributed by atoms with Gasteiger partial charge < -0.3 is 0 Å². The van der Waals surface area contributed by atoms with Crippen LogP contribution in [0.1, 0.15) is 11.3 Å². The van der Waals surface area contributed by atoms with Crippen molar-refractivity contribution in [3.05, 3.63) is 50.2 Å². The zero-order chi connectivity index (χ0) is 13.8. The summed E-state index contributed by atoms with van der Waals surface area (Å²) in [5.74, 6) is 0.485. The molecule has 0 amide bonds. The number of aromatic nitrogens is 3. The zero-order valence-electron chi connectivity index (χ0n) is 9.79. The van der Waals surface area contributed by atoms with Crippen molar-refractivity contribution < 1.29 is 4.92 Å². The van der Waals surface area contributed by atoms with Gasteiger partial charge in [0, 0.05) is 24.6 Å². The number of nitro benzene ring substituents is 1. The molecule has 6 nitrogen and oxygen atoms in total. The Bertz CT molecular complexity index is 602. The van der Waals surface area contributed by atoms with E-state index >= 15 is 0 Å². The fourth-order valence-corrected chi connectivity index (χ4v) is 2.36. The van der Waals surface area contributed by atoms with E-state index in [1.54, 1.807) is 23.0 Å². The maximum absolute atomic E-state index is 10.8. The number of alkyl halides is 1. The lowest BCUT2D eigenvalue weighted by molar-refractivity contribution is -0.385. The van der Waals surface area contributed by atoms with Crippen LogP contribution in [0, 0.1) is 10.1 Å². The second-order valence-corrected chi connectivity index (χ2v) is 5.02. The van der Waals surface area contributed by atoms with Gasteiger partial charge in [-0.3, -0.25) is 10.1 Å². The van der Waals surface area contributed by atoms with Gasteiger partial charge in [-0.15, -0.1) is 16.7 Å². The molecule has 1 heterocycles. The molecule has 19 heavy (non-hydrogen) atoms. The molecular formula is C11H10BrClN4O2. The molecule has 0 aliphatic carbocycles. The minimum absolute atomic E-state index is 0.0404. The molecule has 0 radical (unpaired) electrons. The standard InChI is InChI=1S/C11H10BrClN4O2/c12-11-8(2-1-3-10(11)17(18)19)6-16-7-9(4-5-13)14-15-16/h1-3,7H,4-6H2. The van der Waals surface area contributed by atoms with E-state index in [1.165, 1.54) is 6.07 Å². The Morgan fingerprint density at radius 3 is 2.95 bits per heavy atom. The molecule has 1 aromatic heterocycles. The maximum atomic E-state index is 10.8. The minimum Gasteiger partial charge on any atom is -0.258 e. The summed E-state index contributed by atoms with van der Waals surface area (Å²) >= 11 is 8.88. The summed E-state index contributed by atoms with van der Waals surface area (Å²) in [6.45, 7) is 0.414. The summed E-state index contributed by atoms with van der Waals surface area (Å²) in [6.07, 6.45) is 2.44. The van der Waals surface area contributed by atoms with E-state index in [0.717, 1.165) is 11.3 Å². The summed E-state index contributed by atoms with van der Waals surface area (Å²) in [7, 11) is 0. The molecule has 100 valence electrons. The highest BCUT2D eigenvalue weighted by molar-refractivity contribution is 9.10. The molecule has 0 saturated carbocycles. The first-order valence-corrected chi connectivity index (χ1v) is 6.81. The van der Waals surface area contributed by atoms with Gasteiger partial charge in [-0.05, 0) is 21.5 Å². The molecule has 2 aromatic rings. The van der Waals surface area contributed by atoms with E-state index in [4.69, 9.17) is 11.6 Å². The number of benzene rings is 1. The third-order valence-electron chi connectivity index (χ3n) is 2.52. The van der Waals surface area contributed by atoms with Gasteiger partial charge in [0.2, 0.25) is 0 Å². The van der Waals surface area contributed by atoms with E-state index < -0.39 is 4.92 Å². The molecule has 2 rings (SSSR count). The average Bonchev–Trinajstić information content (AvgIpc) is 2.79. The second-order valence-electron chi connectivity index (χ2n) is 3.85. The molecule has 0 bridgehead atoms. The van der Waals surface area contributed by atoms with Crippen LogP contribution in [0.3, 0.4) is 0 Å². The Morgan fingerprint density at radius 1 is 1.47 bits per heavy atom. The van der Waals surface area contributed by atoms with Crippen LogP contribution in [0.15, 0.2) is 28.9 Å². The Hall–Kier alpha value is -1.47. The number of nitrogens with zero attached hydrogens (tertiary/aromatic N) is 4. The molecule has 0 spiro atoms. The third kappa shape index (κ3) is 3.30. The van der Waals surface area contributed by atoms with Crippen molar-refractivity contribution >= 4 is 33.2 Å². The van der Waals surface area contributed by atoms with Gasteiger partial charge >= 0.3 is 0 Å².